The van der Waals surface area contributed by atoms with Gasteiger partial charge < -0.3 is 15.1 Å². The minimum atomic E-state index is 0. The number of hydrogen-bond acceptors (Lipinski definition) is 5. The molecule has 2 rings (SSSR count). The number of guanidine groups is 1. The van der Waals surface area contributed by atoms with E-state index in [2.05, 4.69) is 26.9 Å². The SMILES string of the molecule is CN=C(NCCSC)NCc1coc(-c2cccs2)n1.I. The molecule has 21 heavy (non-hydrogen) atoms. The van der Waals surface area contributed by atoms with E-state index in [-0.39, 0.29) is 24.0 Å². The van der Waals surface area contributed by atoms with Crippen LogP contribution >= 0.6 is 47.1 Å². The van der Waals surface area contributed by atoms with Crippen molar-refractivity contribution in [2.45, 2.75) is 6.54 Å². The van der Waals surface area contributed by atoms with Crippen LogP contribution in [0, 0.1) is 0 Å². The van der Waals surface area contributed by atoms with Gasteiger partial charge in [0.05, 0.1) is 17.1 Å². The summed E-state index contributed by atoms with van der Waals surface area (Å²) in [5.41, 5.74) is 0.862. The number of aromatic nitrogens is 1. The molecule has 0 amide bonds. The fraction of sp³-hybridized carbons (Fsp3) is 0.385. The molecule has 0 bridgehead atoms. The molecule has 0 atom stereocenters. The van der Waals surface area contributed by atoms with Crippen LogP contribution in [-0.4, -0.2) is 36.5 Å². The molecule has 0 aliphatic heterocycles. The highest BCUT2D eigenvalue weighted by Gasteiger charge is 2.07. The van der Waals surface area contributed by atoms with E-state index in [1.54, 1.807) is 36.4 Å². The Hall–Kier alpha value is -0.740. The summed E-state index contributed by atoms with van der Waals surface area (Å²) in [6, 6.07) is 3.98. The van der Waals surface area contributed by atoms with Crippen LogP contribution < -0.4 is 10.6 Å². The molecule has 0 aliphatic carbocycles. The molecule has 116 valence electrons. The van der Waals surface area contributed by atoms with Gasteiger partial charge in [0, 0.05) is 19.3 Å². The smallest absolute Gasteiger partial charge is 0.236 e. The van der Waals surface area contributed by atoms with E-state index >= 15 is 0 Å². The number of nitrogens with zero attached hydrogens (tertiary/aromatic N) is 2. The van der Waals surface area contributed by atoms with Gasteiger partial charge in [-0.25, -0.2) is 4.98 Å². The van der Waals surface area contributed by atoms with Crippen LogP contribution in [0.15, 0.2) is 33.2 Å². The van der Waals surface area contributed by atoms with Gasteiger partial charge in [-0.15, -0.1) is 35.3 Å². The molecule has 0 aliphatic rings. The topological polar surface area (TPSA) is 62.5 Å². The Labute approximate surface area is 150 Å². The predicted molar refractivity (Wildman–Crippen MR) is 102 cm³/mol. The van der Waals surface area contributed by atoms with Crippen LogP contribution in [0.2, 0.25) is 0 Å². The van der Waals surface area contributed by atoms with Gasteiger partial charge >= 0.3 is 0 Å². The first-order valence-corrected chi connectivity index (χ1v) is 8.52. The second-order valence-electron chi connectivity index (χ2n) is 3.97. The van der Waals surface area contributed by atoms with Gasteiger partial charge in [0.25, 0.3) is 0 Å². The Bertz CT molecular complexity index is 542. The van der Waals surface area contributed by atoms with Crippen LogP contribution in [0.4, 0.5) is 0 Å². The lowest BCUT2D eigenvalue weighted by molar-refractivity contribution is 0.573. The summed E-state index contributed by atoms with van der Waals surface area (Å²) in [5.74, 6) is 2.49. The highest BCUT2D eigenvalue weighted by atomic mass is 127. The summed E-state index contributed by atoms with van der Waals surface area (Å²) in [4.78, 5) is 9.65. The summed E-state index contributed by atoms with van der Waals surface area (Å²) in [7, 11) is 1.76. The molecular formula is C13H19IN4OS2. The maximum atomic E-state index is 5.47. The van der Waals surface area contributed by atoms with Crippen molar-refractivity contribution in [1.29, 1.82) is 0 Å². The zero-order chi connectivity index (χ0) is 14.2. The summed E-state index contributed by atoms with van der Waals surface area (Å²) >= 11 is 3.42. The van der Waals surface area contributed by atoms with Gasteiger partial charge in [0.1, 0.15) is 6.26 Å². The third-order valence-corrected chi connectivity index (χ3v) is 4.01. The number of rotatable bonds is 6. The Morgan fingerprint density at radius 3 is 3.00 bits per heavy atom. The van der Waals surface area contributed by atoms with Crippen molar-refractivity contribution in [2.24, 2.45) is 4.99 Å². The van der Waals surface area contributed by atoms with Crippen molar-refractivity contribution >= 4 is 53.0 Å². The third-order valence-electron chi connectivity index (χ3n) is 2.54. The van der Waals surface area contributed by atoms with E-state index < -0.39 is 0 Å². The Balaban J connectivity index is 0.00000220. The minimum Gasteiger partial charge on any atom is -0.443 e. The molecule has 2 aromatic heterocycles. The van der Waals surface area contributed by atoms with E-state index in [0.29, 0.717) is 12.4 Å². The van der Waals surface area contributed by atoms with E-state index in [9.17, 15) is 0 Å². The Kier molecular flexibility index (Phi) is 8.77. The first-order valence-electron chi connectivity index (χ1n) is 6.25. The average molecular weight is 438 g/mol. The summed E-state index contributed by atoms with van der Waals surface area (Å²) < 4.78 is 5.47. The zero-order valence-electron chi connectivity index (χ0n) is 12.0. The van der Waals surface area contributed by atoms with Crippen LogP contribution in [0.1, 0.15) is 5.69 Å². The molecule has 0 aromatic carbocycles. The second-order valence-corrected chi connectivity index (χ2v) is 5.90. The number of nitrogens with one attached hydrogen (secondary N) is 2. The largest absolute Gasteiger partial charge is 0.443 e. The lowest BCUT2D eigenvalue weighted by Crippen LogP contribution is -2.38. The molecule has 2 heterocycles. The highest BCUT2D eigenvalue weighted by Crippen LogP contribution is 2.23. The fourth-order valence-electron chi connectivity index (χ4n) is 1.57. The number of halogens is 1. The second kappa shape index (κ2) is 10.1. The van der Waals surface area contributed by atoms with Crippen molar-refractivity contribution in [3.63, 3.8) is 0 Å². The quantitative estimate of drug-likeness (QED) is 0.314. The third kappa shape index (κ3) is 5.87. The van der Waals surface area contributed by atoms with E-state index in [1.807, 2.05) is 17.5 Å². The Morgan fingerprint density at radius 2 is 2.33 bits per heavy atom. The standard InChI is InChI=1S/C13H18N4OS2.HI/c1-14-13(15-5-7-19-2)16-8-10-9-18-12(17-10)11-4-3-6-20-11;/h3-4,6,9H,5,7-8H2,1-2H3,(H2,14,15,16);1H. The summed E-state index contributed by atoms with van der Waals surface area (Å²) in [6.45, 7) is 1.48. The van der Waals surface area contributed by atoms with Crippen LogP contribution in [0.25, 0.3) is 10.8 Å². The fourth-order valence-corrected chi connectivity index (χ4v) is 2.53. The molecule has 0 saturated heterocycles. The summed E-state index contributed by atoms with van der Waals surface area (Å²) in [6.07, 6.45) is 3.76. The van der Waals surface area contributed by atoms with E-state index in [1.165, 1.54) is 0 Å². The van der Waals surface area contributed by atoms with Gasteiger partial charge in [-0.05, 0) is 17.7 Å². The molecular weight excluding hydrogens is 419 g/mol. The molecule has 8 heteroatoms. The Morgan fingerprint density at radius 1 is 1.48 bits per heavy atom. The van der Waals surface area contributed by atoms with Crippen molar-refractivity contribution in [1.82, 2.24) is 15.6 Å². The predicted octanol–water partition coefficient (Wildman–Crippen LogP) is 3.05. The molecule has 0 fully saturated rings. The van der Waals surface area contributed by atoms with Gasteiger partial charge in [-0.3, -0.25) is 4.99 Å². The molecule has 0 spiro atoms. The molecule has 0 saturated carbocycles. The lowest BCUT2D eigenvalue weighted by atomic mass is 10.4. The average Bonchev–Trinajstić information content (AvgIpc) is 3.12. The highest BCUT2D eigenvalue weighted by molar-refractivity contribution is 14.0. The van der Waals surface area contributed by atoms with Crippen molar-refractivity contribution in [3.8, 4) is 10.8 Å². The number of oxazole rings is 1. The lowest BCUT2D eigenvalue weighted by Gasteiger charge is -2.09. The van der Waals surface area contributed by atoms with Crippen LogP contribution in [0.3, 0.4) is 0 Å². The monoisotopic (exact) mass is 438 g/mol. The maximum Gasteiger partial charge on any atom is 0.236 e. The van der Waals surface area contributed by atoms with Crippen molar-refractivity contribution < 1.29 is 4.42 Å². The zero-order valence-corrected chi connectivity index (χ0v) is 15.9. The first kappa shape index (κ1) is 18.3. The molecule has 2 aromatic rings. The number of thiophene rings is 1. The van der Waals surface area contributed by atoms with Crippen molar-refractivity contribution in [2.75, 3.05) is 25.6 Å². The first-order chi connectivity index (χ1) is 9.83. The number of hydrogen-bond donors (Lipinski definition) is 2. The molecule has 2 N–H and O–H groups in total. The van der Waals surface area contributed by atoms with Gasteiger partial charge in [0.2, 0.25) is 5.89 Å². The minimum absolute atomic E-state index is 0. The molecule has 0 radical (unpaired) electrons. The van der Waals surface area contributed by atoms with Gasteiger partial charge in [0.15, 0.2) is 5.96 Å². The van der Waals surface area contributed by atoms with E-state index in [4.69, 9.17) is 4.42 Å². The normalized spacial score (nSPS) is 11.0. The van der Waals surface area contributed by atoms with Crippen LogP contribution in [-0.2, 0) is 6.54 Å². The number of thioether (sulfide) groups is 1. The maximum absolute atomic E-state index is 5.47. The summed E-state index contributed by atoms with van der Waals surface area (Å²) in [5, 5.41) is 8.46. The number of aliphatic imine (C=N–C) groups is 1. The van der Waals surface area contributed by atoms with E-state index in [0.717, 1.165) is 28.8 Å². The van der Waals surface area contributed by atoms with Crippen molar-refractivity contribution in [3.05, 3.63) is 29.5 Å². The van der Waals surface area contributed by atoms with Gasteiger partial charge in [-0.2, -0.15) is 11.8 Å². The molecule has 0 unspecified atom stereocenters. The van der Waals surface area contributed by atoms with Gasteiger partial charge in [-0.1, -0.05) is 6.07 Å². The van der Waals surface area contributed by atoms with Crippen LogP contribution in [0.5, 0.6) is 0 Å². The molecule has 5 nitrogen and oxygen atoms in total.